The molecule has 0 radical (unpaired) electrons. The van der Waals surface area contributed by atoms with Crippen LogP contribution in [0.15, 0.2) is 96.4 Å². The van der Waals surface area contributed by atoms with E-state index in [4.69, 9.17) is 12.6 Å². The van der Waals surface area contributed by atoms with Crippen molar-refractivity contribution in [2.75, 3.05) is 0 Å². The molecule has 4 aromatic rings. The molecule has 2 aromatic carbocycles. The summed E-state index contributed by atoms with van der Waals surface area (Å²) in [5.41, 5.74) is 1.92. The second kappa shape index (κ2) is 9.87. The Balaban J connectivity index is 0.000000275. The van der Waals surface area contributed by atoms with Crippen LogP contribution in [0.1, 0.15) is 0 Å². The number of hydrogen-bond acceptors (Lipinski definition) is 2. The molecule has 2 aromatic heterocycles. The number of imidazole rings is 1. The van der Waals surface area contributed by atoms with Crippen molar-refractivity contribution < 1.29 is 25.6 Å². The molecule has 5 heteroatoms. The second-order valence-corrected chi connectivity index (χ2v) is 5.32. The zero-order chi connectivity index (χ0) is 16.6. The van der Waals surface area contributed by atoms with E-state index in [0.717, 1.165) is 16.3 Å². The molecule has 3 nitrogen and oxygen atoms in total. The molecule has 128 valence electrons. The van der Waals surface area contributed by atoms with Crippen LogP contribution in [0.25, 0.3) is 11.4 Å². The molecule has 0 N–H and O–H groups in total. The van der Waals surface area contributed by atoms with Gasteiger partial charge in [-0.15, -0.1) is 0 Å². The predicted molar refractivity (Wildman–Crippen MR) is 94.8 cm³/mol. The molecular formula is C20H15N3PtS-2. The Bertz CT molecular complexity index is 853. The van der Waals surface area contributed by atoms with Crippen LogP contribution in [0.5, 0.6) is 0 Å². The van der Waals surface area contributed by atoms with Crippen LogP contribution in [0.3, 0.4) is 0 Å². The van der Waals surface area contributed by atoms with Crippen LogP contribution in [0.4, 0.5) is 0 Å². The van der Waals surface area contributed by atoms with Crippen molar-refractivity contribution in [2.24, 2.45) is 0 Å². The number of nitrogens with zero attached hydrogens (tertiary/aromatic N) is 3. The van der Waals surface area contributed by atoms with E-state index in [1.807, 2.05) is 88.3 Å². The first-order valence-electron chi connectivity index (χ1n) is 7.45. The minimum Gasteiger partial charge on any atom is -0.784 e. The average molecular weight is 525 g/mol. The van der Waals surface area contributed by atoms with Crippen LogP contribution in [-0.2, 0) is 33.7 Å². The van der Waals surface area contributed by atoms with E-state index in [2.05, 4.69) is 17.4 Å². The normalized spacial score (nSPS) is 9.44. The summed E-state index contributed by atoms with van der Waals surface area (Å²) in [6.45, 7) is 0. The van der Waals surface area contributed by atoms with Gasteiger partial charge in [0.25, 0.3) is 6.33 Å². The van der Waals surface area contributed by atoms with Gasteiger partial charge in [0.2, 0.25) is 0 Å². The Morgan fingerprint density at radius 1 is 0.920 bits per heavy atom. The number of hydrogen-bond donors (Lipinski definition) is 0. The van der Waals surface area contributed by atoms with E-state index >= 15 is 0 Å². The summed E-state index contributed by atoms with van der Waals surface area (Å²) in [5.74, 6) is 0. The minimum absolute atomic E-state index is 0. The van der Waals surface area contributed by atoms with E-state index in [1.54, 1.807) is 12.4 Å². The molecule has 0 unspecified atom stereocenters. The Labute approximate surface area is 167 Å². The Hall–Kier alpha value is -2.29. The quantitative estimate of drug-likeness (QED) is 0.228. The SMILES string of the molecule is [Pt].[S-]c1ccccc1-[n+]1[c-]n(-c2[c-]cccc2)cc1.c1ccncc1. The summed E-state index contributed by atoms with van der Waals surface area (Å²) in [5, 5.41) is 0. The molecule has 0 saturated heterocycles. The van der Waals surface area contributed by atoms with Gasteiger partial charge >= 0.3 is 0 Å². The summed E-state index contributed by atoms with van der Waals surface area (Å²) in [6.07, 6.45) is 10.6. The molecule has 0 aliphatic rings. The number of rotatable bonds is 2. The summed E-state index contributed by atoms with van der Waals surface area (Å²) in [6, 6.07) is 24.5. The van der Waals surface area contributed by atoms with Crippen LogP contribution in [0.2, 0.25) is 0 Å². The Kier molecular flexibility index (Phi) is 7.52. The number of benzene rings is 2. The molecule has 0 aliphatic heterocycles. The summed E-state index contributed by atoms with van der Waals surface area (Å²) >= 11 is 5.30. The molecule has 0 saturated carbocycles. The zero-order valence-corrected chi connectivity index (χ0v) is 16.3. The van der Waals surface area contributed by atoms with Crippen molar-refractivity contribution >= 4 is 12.6 Å². The van der Waals surface area contributed by atoms with E-state index in [9.17, 15) is 0 Å². The second-order valence-electron chi connectivity index (χ2n) is 4.88. The van der Waals surface area contributed by atoms with Gasteiger partial charge in [0, 0.05) is 51.5 Å². The van der Waals surface area contributed by atoms with Gasteiger partial charge < -0.3 is 21.8 Å². The number of para-hydroxylation sites is 2. The molecule has 0 aliphatic carbocycles. The third-order valence-corrected chi connectivity index (χ3v) is 3.57. The number of pyridine rings is 1. The molecule has 0 spiro atoms. The molecule has 0 atom stereocenters. The molecular weight excluding hydrogens is 509 g/mol. The van der Waals surface area contributed by atoms with Gasteiger partial charge in [-0.25, -0.2) is 0 Å². The van der Waals surface area contributed by atoms with Gasteiger partial charge in [-0.05, 0) is 17.8 Å². The van der Waals surface area contributed by atoms with Crippen molar-refractivity contribution in [1.29, 1.82) is 0 Å². The fraction of sp³-hybridized carbons (Fsp3) is 0. The van der Waals surface area contributed by atoms with Crippen molar-refractivity contribution in [1.82, 2.24) is 9.55 Å². The largest absolute Gasteiger partial charge is 0.784 e. The topological polar surface area (TPSA) is 21.7 Å². The first-order valence-corrected chi connectivity index (χ1v) is 7.86. The third-order valence-electron chi connectivity index (χ3n) is 3.22. The maximum atomic E-state index is 5.30. The monoisotopic (exact) mass is 524 g/mol. The van der Waals surface area contributed by atoms with Gasteiger partial charge in [0.05, 0.1) is 0 Å². The average Bonchev–Trinajstić information content (AvgIpc) is 3.15. The smallest absolute Gasteiger partial charge is 0.267 e. The molecule has 4 rings (SSSR count). The van der Waals surface area contributed by atoms with Crippen molar-refractivity contribution in [3.8, 4) is 11.4 Å². The van der Waals surface area contributed by atoms with Crippen molar-refractivity contribution in [2.45, 2.75) is 4.90 Å². The fourth-order valence-corrected chi connectivity index (χ4v) is 2.33. The van der Waals surface area contributed by atoms with Crippen LogP contribution in [-0.4, -0.2) is 9.55 Å². The van der Waals surface area contributed by atoms with Gasteiger partial charge in [-0.1, -0.05) is 30.3 Å². The van der Waals surface area contributed by atoms with E-state index in [1.165, 1.54) is 0 Å². The zero-order valence-electron chi connectivity index (χ0n) is 13.2. The summed E-state index contributed by atoms with van der Waals surface area (Å²) < 4.78 is 3.78. The van der Waals surface area contributed by atoms with E-state index in [-0.39, 0.29) is 21.1 Å². The molecule has 0 fully saturated rings. The minimum atomic E-state index is 0. The fourth-order valence-electron chi connectivity index (χ4n) is 2.09. The maximum Gasteiger partial charge on any atom is 0.267 e. The van der Waals surface area contributed by atoms with Gasteiger partial charge in [-0.2, -0.15) is 35.2 Å². The first-order chi connectivity index (χ1) is 11.8. The van der Waals surface area contributed by atoms with Crippen LogP contribution >= 0.6 is 0 Å². The molecule has 2 heterocycles. The number of aromatic nitrogens is 3. The standard InChI is InChI=1S/C15H11N2S.C5H5N.Pt/c18-15-9-5-4-8-14(15)17-11-10-16(12-17)13-6-2-1-3-7-13;1-2-4-6-5-3-1;/h1-6,8-11,18H;1-5H;/q-1;;/p-1. The van der Waals surface area contributed by atoms with Crippen LogP contribution in [0, 0.1) is 12.4 Å². The molecule has 0 amide bonds. The van der Waals surface area contributed by atoms with E-state index in [0.29, 0.717) is 0 Å². The van der Waals surface area contributed by atoms with Crippen molar-refractivity contribution in [3.05, 3.63) is 104 Å². The van der Waals surface area contributed by atoms with Gasteiger partial charge in [0.15, 0.2) is 0 Å². The molecule has 25 heavy (non-hydrogen) atoms. The van der Waals surface area contributed by atoms with Gasteiger partial charge in [0.1, 0.15) is 0 Å². The van der Waals surface area contributed by atoms with Crippen LogP contribution < -0.4 is 4.57 Å². The molecule has 0 bridgehead atoms. The third kappa shape index (κ3) is 5.35. The summed E-state index contributed by atoms with van der Waals surface area (Å²) in [7, 11) is 0. The Morgan fingerprint density at radius 2 is 1.68 bits per heavy atom. The maximum absolute atomic E-state index is 5.30. The Morgan fingerprint density at radius 3 is 2.28 bits per heavy atom. The van der Waals surface area contributed by atoms with Crippen molar-refractivity contribution in [3.63, 3.8) is 0 Å². The van der Waals surface area contributed by atoms with E-state index < -0.39 is 0 Å². The van der Waals surface area contributed by atoms with Gasteiger partial charge in [-0.3, -0.25) is 4.98 Å². The first kappa shape index (κ1) is 19.0. The predicted octanol–water partition coefficient (Wildman–Crippen LogP) is 3.34. The summed E-state index contributed by atoms with van der Waals surface area (Å²) in [4.78, 5) is 4.60.